The minimum Gasteiger partial charge on any atom is -0.467 e. The van der Waals surface area contributed by atoms with E-state index in [2.05, 4.69) is 39.2 Å². The molecule has 174 valence electrons. The molecule has 0 aromatic rings. The van der Waals surface area contributed by atoms with Gasteiger partial charge in [-0.15, -0.1) is 18.5 Å². The first-order valence-electron chi connectivity index (χ1n) is 9.92. The van der Waals surface area contributed by atoms with Crippen molar-refractivity contribution in [2.75, 3.05) is 19.4 Å². The zero-order chi connectivity index (χ0) is 23.5. The van der Waals surface area contributed by atoms with E-state index in [0.717, 1.165) is 0 Å². The Morgan fingerprint density at radius 2 is 1.43 bits per heavy atom. The normalized spacial score (nSPS) is 14.3. The summed E-state index contributed by atoms with van der Waals surface area (Å²) >= 11 is 0. The SMILES string of the molecule is COC(=O)[C@H](CP)NC(=O)[C@H](CC(C)C)NC(=O)[C@H](CCP)NC(=O)OC(C)(C)C. The van der Waals surface area contributed by atoms with E-state index in [9.17, 15) is 19.2 Å². The van der Waals surface area contributed by atoms with Crippen LogP contribution in [0.5, 0.6) is 0 Å². The number of ether oxygens (including phenoxy) is 2. The Labute approximate surface area is 183 Å². The summed E-state index contributed by atoms with van der Waals surface area (Å²) in [7, 11) is 6.12. The van der Waals surface area contributed by atoms with Crippen molar-refractivity contribution in [1.29, 1.82) is 0 Å². The Morgan fingerprint density at radius 3 is 1.87 bits per heavy atom. The molecular formula is C19H37N3O6P2. The number of alkyl carbamates (subject to hydrolysis) is 1. The number of hydrogen-bond donors (Lipinski definition) is 3. The first kappa shape index (κ1) is 28.5. The van der Waals surface area contributed by atoms with E-state index >= 15 is 0 Å². The van der Waals surface area contributed by atoms with Crippen molar-refractivity contribution in [3.63, 3.8) is 0 Å². The summed E-state index contributed by atoms with van der Waals surface area (Å²) in [5, 5.41) is 7.86. The summed E-state index contributed by atoms with van der Waals surface area (Å²) < 4.78 is 9.90. The molecule has 2 unspecified atom stereocenters. The van der Waals surface area contributed by atoms with Crippen LogP contribution >= 0.6 is 18.5 Å². The number of hydrogen-bond acceptors (Lipinski definition) is 6. The van der Waals surface area contributed by atoms with Gasteiger partial charge in [-0.1, -0.05) is 13.8 Å². The number of methoxy groups -OCH3 is 1. The van der Waals surface area contributed by atoms with Crippen LogP contribution in [0.4, 0.5) is 4.79 Å². The van der Waals surface area contributed by atoms with Gasteiger partial charge in [0.05, 0.1) is 7.11 Å². The lowest BCUT2D eigenvalue weighted by Gasteiger charge is -2.26. The Kier molecular flexibility index (Phi) is 13.1. The summed E-state index contributed by atoms with van der Waals surface area (Å²) in [6, 6.07) is -2.56. The Morgan fingerprint density at radius 1 is 0.900 bits per heavy atom. The lowest BCUT2D eigenvalue weighted by atomic mass is 10.0. The molecule has 0 aliphatic carbocycles. The molecule has 9 nitrogen and oxygen atoms in total. The molecule has 0 radical (unpaired) electrons. The summed E-state index contributed by atoms with van der Waals surface area (Å²) in [4.78, 5) is 49.4. The third-order valence-corrected chi connectivity index (χ3v) is 4.65. The first-order chi connectivity index (χ1) is 13.8. The largest absolute Gasteiger partial charge is 0.467 e. The monoisotopic (exact) mass is 465 g/mol. The predicted molar refractivity (Wildman–Crippen MR) is 122 cm³/mol. The van der Waals surface area contributed by atoms with E-state index < -0.39 is 47.6 Å². The van der Waals surface area contributed by atoms with Gasteiger partial charge in [-0.2, -0.15) is 0 Å². The molecule has 30 heavy (non-hydrogen) atoms. The average molecular weight is 465 g/mol. The first-order valence-corrected chi connectivity index (χ1v) is 11.6. The highest BCUT2D eigenvalue weighted by Crippen LogP contribution is 2.10. The molecule has 0 fully saturated rings. The molecule has 3 N–H and O–H groups in total. The second kappa shape index (κ2) is 13.8. The average Bonchev–Trinajstić information content (AvgIpc) is 2.62. The Bertz CT molecular complexity index is 595. The number of rotatable bonds is 11. The van der Waals surface area contributed by atoms with Gasteiger partial charge in [0, 0.05) is 0 Å². The molecule has 0 saturated heterocycles. The van der Waals surface area contributed by atoms with Gasteiger partial charge in [-0.25, -0.2) is 9.59 Å². The van der Waals surface area contributed by atoms with E-state index in [0.29, 0.717) is 19.0 Å². The molecule has 0 aliphatic heterocycles. The van der Waals surface area contributed by atoms with Gasteiger partial charge < -0.3 is 25.4 Å². The van der Waals surface area contributed by atoms with Crippen molar-refractivity contribution < 1.29 is 28.7 Å². The number of nitrogens with one attached hydrogen (secondary N) is 3. The molecule has 0 heterocycles. The van der Waals surface area contributed by atoms with Crippen LogP contribution in [0.25, 0.3) is 0 Å². The van der Waals surface area contributed by atoms with Gasteiger partial charge in [-0.05, 0) is 51.9 Å². The third kappa shape index (κ3) is 11.7. The third-order valence-electron chi connectivity index (χ3n) is 3.84. The molecule has 0 saturated carbocycles. The summed E-state index contributed by atoms with van der Waals surface area (Å²) in [6.45, 7) is 9.01. The van der Waals surface area contributed by atoms with Gasteiger partial charge in [0.15, 0.2) is 0 Å². The van der Waals surface area contributed by atoms with E-state index in [1.165, 1.54) is 7.11 Å². The van der Waals surface area contributed by atoms with Crippen molar-refractivity contribution in [1.82, 2.24) is 16.0 Å². The lowest BCUT2D eigenvalue weighted by molar-refractivity contribution is -0.144. The van der Waals surface area contributed by atoms with Crippen LogP contribution in [0, 0.1) is 5.92 Å². The van der Waals surface area contributed by atoms with Crippen LogP contribution in [-0.2, 0) is 23.9 Å². The van der Waals surface area contributed by atoms with Crippen LogP contribution in [0.15, 0.2) is 0 Å². The van der Waals surface area contributed by atoms with Crippen LogP contribution in [0.2, 0.25) is 0 Å². The van der Waals surface area contributed by atoms with E-state index in [1.54, 1.807) is 20.8 Å². The molecule has 0 bridgehead atoms. The van der Waals surface area contributed by atoms with E-state index in [-0.39, 0.29) is 12.1 Å². The maximum atomic E-state index is 12.8. The number of esters is 1. The standard InChI is InChI=1S/C19H37N3O6P2/c1-11(2)9-13(16(24)21-14(10-30)17(25)27-6)20-15(23)12(7-8-29)22-18(26)28-19(3,4)5/h11-14H,7-10,29-30H2,1-6H3,(H,20,23)(H,21,24)(H,22,26)/t12-,13-,14-/m0/s1. The maximum Gasteiger partial charge on any atom is 0.408 e. The van der Waals surface area contributed by atoms with Gasteiger partial charge in [0.1, 0.15) is 23.7 Å². The highest BCUT2D eigenvalue weighted by molar-refractivity contribution is 7.16. The highest BCUT2D eigenvalue weighted by atomic mass is 31.0. The van der Waals surface area contributed by atoms with Crippen LogP contribution in [-0.4, -0.2) is 67.0 Å². The minimum absolute atomic E-state index is 0.104. The summed E-state index contributed by atoms with van der Waals surface area (Å²) in [6.07, 6.45) is 0.841. The molecular weight excluding hydrogens is 428 g/mol. The molecule has 0 spiro atoms. The topological polar surface area (TPSA) is 123 Å². The molecule has 11 heteroatoms. The lowest BCUT2D eigenvalue weighted by Crippen LogP contribution is -2.56. The van der Waals surface area contributed by atoms with Gasteiger partial charge >= 0.3 is 12.1 Å². The molecule has 0 aromatic carbocycles. The fourth-order valence-corrected chi connectivity index (χ4v) is 3.13. The van der Waals surface area contributed by atoms with Crippen molar-refractivity contribution in [3.8, 4) is 0 Å². The maximum absolute atomic E-state index is 12.8. The fraction of sp³-hybridized carbons (Fsp3) is 0.789. The van der Waals surface area contributed by atoms with Crippen molar-refractivity contribution in [2.24, 2.45) is 5.92 Å². The van der Waals surface area contributed by atoms with Crippen molar-refractivity contribution >= 4 is 42.4 Å². The van der Waals surface area contributed by atoms with Gasteiger partial charge in [0.25, 0.3) is 0 Å². The van der Waals surface area contributed by atoms with E-state index in [4.69, 9.17) is 4.74 Å². The second-order valence-corrected chi connectivity index (χ2v) is 9.34. The van der Waals surface area contributed by atoms with Crippen molar-refractivity contribution in [3.05, 3.63) is 0 Å². The van der Waals surface area contributed by atoms with Crippen LogP contribution in [0.3, 0.4) is 0 Å². The smallest absolute Gasteiger partial charge is 0.408 e. The van der Waals surface area contributed by atoms with Gasteiger partial charge in [0.2, 0.25) is 11.8 Å². The molecule has 0 rings (SSSR count). The fourth-order valence-electron chi connectivity index (χ4n) is 2.49. The quantitative estimate of drug-likeness (QED) is 0.311. The van der Waals surface area contributed by atoms with Crippen LogP contribution < -0.4 is 16.0 Å². The Hall–Kier alpha value is -1.46. The van der Waals surface area contributed by atoms with Crippen LogP contribution in [0.1, 0.15) is 47.5 Å². The van der Waals surface area contributed by atoms with E-state index in [1.807, 2.05) is 13.8 Å². The zero-order valence-corrected chi connectivity index (χ0v) is 21.1. The minimum atomic E-state index is -0.867. The molecule has 0 aliphatic rings. The van der Waals surface area contributed by atoms with Crippen molar-refractivity contribution in [2.45, 2.75) is 71.2 Å². The molecule has 5 atom stereocenters. The molecule has 3 amide bonds. The van der Waals surface area contributed by atoms with Gasteiger partial charge in [-0.3, -0.25) is 9.59 Å². The zero-order valence-electron chi connectivity index (χ0n) is 18.7. The number of carbonyl (C=O) groups excluding carboxylic acids is 4. The summed E-state index contributed by atoms with van der Waals surface area (Å²) in [5.41, 5.74) is -0.701. The highest BCUT2D eigenvalue weighted by Gasteiger charge is 2.30. The number of amides is 3. The summed E-state index contributed by atoms with van der Waals surface area (Å²) in [5.74, 6) is -1.45. The second-order valence-electron chi connectivity index (χ2n) is 8.29. The number of carbonyl (C=O) groups is 4. The molecule has 0 aromatic heterocycles. The Balaban J connectivity index is 5.29. The predicted octanol–water partition coefficient (Wildman–Crippen LogP) is 1.21.